The number of para-hydroxylation sites is 1. The van der Waals surface area contributed by atoms with E-state index in [9.17, 15) is 14.7 Å². The number of carbonyl (C=O) groups excluding carboxylic acids is 1. The molecule has 2 aromatic carbocycles. The van der Waals surface area contributed by atoms with Crippen LogP contribution in [-0.4, -0.2) is 30.1 Å². The number of carbonyl (C=O) groups is 2. The summed E-state index contributed by atoms with van der Waals surface area (Å²) in [5.74, 6) is -0.714. The van der Waals surface area contributed by atoms with Crippen LogP contribution in [-0.2, 0) is 0 Å². The molecule has 6 heteroatoms. The van der Waals surface area contributed by atoms with E-state index in [0.29, 0.717) is 17.9 Å². The molecule has 0 atom stereocenters. The summed E-state index contributed by atoms with van der Waals surface area (Å²) in [6, 6.07) is 11.8. The first-order valence-corrected chi connectivity index (χ1v) is 12.7. The van der Waals surface area contributed by atoms with Gasteiger partial charge >= 0.3 is 5.97 Å². The molecule has 186 valence electrons. The minimum absolute atomic E-state index is 0.0571. The summed E-state index contributed by atoms with van der Waals surface area (Å²) in [6.45, 7) is 5.74. The second kappa shape index (κ2) is 15.8. The van der Waals surface area contributed by atoms with E-state index in [0.717, 1.165) is 38.0 Å². The van der Waals surface area contributed by atoms with Gasteiger partial charge in [0, 0.05) is 12.6 Å². The van der Waals surface area contributed by atoms with Gasteiger partial charge in [0.05, 0.1) is 29.1 Å². The summed E-state index contributed by atoms with van der Waals surface area (Å²) in [5.41, 5.74) is 1.47. The van der Waals surface area contributed by atoms with Gasteiger partial charge in [-0.05, 0) is 37.1 Å². The fraction of sp³-hybridized carbons (Fsp3) is 0.500. The Hall–Kier alpha value is -3.02. The lowest BCUT2D eigenvalue weighted by Crippen LogP contribution is -2.17. The molecule has 0 bridgehead atoms. The molecule has 0 heterocycles. The van der Waals surface area contributed by atoms with E-state index >= 15 is 0 Å². The Morgan fingerprint density at radius 1 is 0.794 bits per heavy atom. The molecular weight excluding hydrogens is 428 g/mol. The van der Waals surface area contributed by atoms with Crippen molar-refractivity contribution in [3.63, 3.8) is 0 Å². The number of nitrogens with one attached hydrogen (secondary N) is 2. The van der Waals surface area contributed by atoms with Crippen molar-refractivity contribution in [3.8, 4) is 5.75 Å². The van der Waals surface area contributed by atoms with Crippen LogP contribution in [0.4, 0.5) is 11.4 Å². The van der Waals surface area contributed by atoms with E-state index in [2.05, 4.69) is 24.5 Å². The SMILES string of the molecule is CCCCCCCCCCOc1ccc(C(=O)Nc2ccccc2C(=O)O)c(NCCCC)c1. The Kier molecular flexibility index (Phi) is 12.6. The number of carboxylic acids is 1. The van der Waals surface area contributed by atoms with E-state index in [4.69, 9.17) is 4.74 Å². The first-order valence-electron chi connectivity index (χ1n) is 12.7. The molecule has 0 aromatic heterocycles. The van der Waals surface area contributed by atoms with Crippen molar-refractivity contribution in [2.75, 3.05) is 23.8 Å². The molecule has 0 spiro atoms. The van der Waals surface area contributed by atoms with E-state index in [1.54, 1.807) is 30.3 Å². The molecule has 0 aliphatic heterocycles. The molecule has 2 aromatic rings. The van der Waals surface area contributed by atoms with Crippen molar-refractivity contribution in [2.45, 2.75) is 78.1 Å². The number of hydrogen-bond donors (Lipinski definition) is 3. The van der Waals surface area contributed by atoms with Gasteiger partial charge in [-0.2, -0.15) is 0 Å². The van der Waals surface area contributed by atoms with E-state index in [1.807, 2.05) is 6.07 Å². The maximum absolute atomic E-state index is 13.0. The van der Waals surface area contributed by atoms with E-state index in [1.165, 1.54) is 44.6 Å². The quantitative estimate of drug-likeness (QED) is 0.211. The van der Waals surface area contributed by atoms with Crippen LogP contribution in [0.5, 0.6) is 5.75 Å². The zero-order valence-electron chi connectivity index (χ0n) is 20.7. The highest BCUT2D eigenvalue weighted by molar-refractivity contribution is 6.10. The number of unbranched alkanes of at least 4 members (excludes halogenated alkanes) is 8. The Balaban J connectivity index is 1.97. The molecule has 0 fully saturated rings. The van der Waals surface area contributed by atoms with Crippen LogP contribution < -0.4 is 15.4 Å². The predicted octanol–water partition coefficient (Wildman–Crippen LogP) is 7.37. The lowest BCUT2D eigenvalue weighted by molar-refractivity contribution is 0.0698. The van der Waals surface area contributed by atoms with Gasteiger partial charge < -0.3 is 20.5 Å². The molecule has 34 heavy (non-hydrogen) atoms. The smallest absolute Gasteiger partial charge is 0.337 e. The number of ether oxygens (including phenoxy) is 1. The summed E-state index contributed by atoms with van der Waals surface area (Å²) in [4.78, 5) is 24.5. The molecule has 6 nitrogen and oxygen atoms in total. The van der Waals surface area contributed by atoms with Gasteiger partial charge in [-0.3, -0.25) is 4.79 Å². The van der Waals surface area contributed by atoms with E-state index < -0.39 is 5.97 Å². The molecule has 2 rings (SSSR count). The number of aromatic carboxylic acids is 1. The Bertz CT molecular complexity index is 898. The molecule has 0 saturated heterocycles. The number of carboxylic acid groups (broad SMARTS) is 1. The predicted molar refractivity (Wildman–Crippen MR) is 139 cm³/mol. The van der Waals surface area contributed by atoms with Crippen molar-refractivity contribution >= 4 is 23.3 Å². The van der Waals surface area contributed by atoms with Crippen LogP contribution in [0, 0.1) is 0 Å². The van der Waals surface area contributed by atoms with E-state index in [-0.39, 0.29) is 17.2 Å². The average Bonchev–Trinajstić information content (AvgIpc) is 2.83. The monoisotopic (exact) mass is 468 g/mol. The summed E-state index contributed by atoms with van der Waals surface area (Å²) in [6.07, 6.45) is 12.0. The van der Waals surface area contributed by atoms with Gasteiger partial charge in [0.1, 0.15) is 5.75 Å². The topological polar surface area (TPSA) is 87.7 Å². The van der Waals surface area contributed by atoms with Crippen molar-refractivity contribution in [1.29, 1.82) is 0 Å². The highest BCUT2D eigenvalue weighted by Gasteiger charge is 2.16. The van der Waals surface area contributed by atoms with Gasteiger partial charge in [-0.1, -0.05) is 77.3 Å². The number of hydrogen-bond acceptors (Lipinski definition) is 4. The summed E-state index contributed by atoms with van der Waals surface area (Å²) >= 11 is 0. The number of amides is 1. The molecule has 0 aliphatic rings. The third-order valence-electron chi connectivity index (χ3n) is 5.75. The van der Waals surface area contributed by atoms with Crippen molar-refractivity contribution in [2.24, 2.45) is 0 Å². The number of rotatable bonds is 17. The Labute approximate surface area is 204 Å². The standard InChI is InChI=1S/C28H40N2O4/c1-3-5-7-8-9-10-11-14-20-34-22-17-18-23(26(21-22)29-19-6-4-2)27(31)30-25-16-13-12-15-24(25)28(32)33/h12-13,15-18,21,29H,3-11,14,19-20H2,1-2H3,(H,30,31)(H,32,33). The minimum Gasteiger partial charge on any atom is -0.494 e. The molecule has 1 amide bonds. The summed E-state index contributed by atoms with van der Waals surface area (Å²) in [7, 11) is 0. The van der Waals surface area contributed by atoms with Crippen LogP contribution in [0.2, 0.25) is 0 Å². The van der Waals surface area contributed by atoms with Crippen LogP contribution in [0.1, 0.15) is 98.8 Å². The molecule has 0 radical (unpaired) electrons. The third kappa shape index (κ3) is 9.46. The number of anilines is 2. The first-order chi connectivity index (χ1) is 16.6. The summed E-state index contributed by atoms with van der Waals surface area (Å²) < 4.78 is 5.95. The van der Waals surface area contributed by atoms with Gasteiger partial charge in [0.15, 0.2) is 0 Å². The van der Waals surface area contributed by atoms with Crippen LogP contribution in [0.3, 0.4) is 0 Å². The second-order valence-corrected chi connectivity index (χ2v) is 8.62. The van der Waals surface area contributed by atoms with Gasteiger partial charge in [0.25, 0.3) is 5.91 Å². The summed E-state index contributed by atoms with van der Waals surface area (Å²) in [5, 5.41) is 15.5. The largest absolute Gasteiger partial charge is 0.494 e. The zero-order chi connectivity index (χ0) is 24.6. The molecule has 3 N–H and O–H groups in total. The average molecular weight is 469 g/mol. The Morgan fingerprint density at radius 2 is 1.47 bits per heavy atom. The fourth-order valence-corrected chi connectivity index (χ4v) is 3.75. The molecule has 0 saturated carbocycles. The lowest BCUT2D eigenvalue weighted by Gasteiger charge is -2.15. The van der Waals surface area contributed by atoms with Crippen molar-refractivity contribution in [1.82, 2.24) is 0 Å². The zero-order valence-corrected chi connectivity index (χ0v) is 20.7. The van der Waals surface area contributed by atoms with Gasteiger partial charge in [-0.15, -0.1) is 0 Å². The fourth-order valence-electron chi connectivity index (χ4n) is 3.75. The maximum atomic E-state index is 13.0. The third-order valence-corrected chi connectivity index (χ3v) is 5.75. The lowest BCUT2D eigenvalue weighted by atomic mass is 10.1. The second-order valence-electron chi connectivity index (χ2n) is 8.62. The van der Waals surface area contributed by atoms with Gasteiger partial charge in [-0.25, -0.2) is 4.79 Å². The Morgan fingerprint density at radius 3 is 2.18 bits per heavy atom. The van der Waals surface area contributed by atoms with Crippen LogP contribution in [0.25, 0.3) is 0 Å². The molecule has 0 aliphatic carbocycles. The van der Waals surface area contributed by atoms with Crippen molar-refractivity contribution in [3.05, 3.63) is 53.6 Å². The first kappa shape index (κ1) is 27.2. The highest BCUT2D eigenvalue weighted by atomic mass is 16.5. The molecule has 0 unspecified atom stereocenters. The van der Waals surface area contributed by atoms with Crippen LogP contribution >= 0.6 is 0 Å². The van der Waals surface area contributed by atoms with Crippen LogP contribution in [0.15, 0.2) is 42.5 Å². The number of benzene rings is 2. The highest BCUT2D eigenvalue weighted by Crippen LogP contribution is 2.25. The maximum Gasteiger partial charge on any atom is 0.337 e. The molecular formula is C28H40N2O4. The minimum atomic E-state index is -1.08. The normalized spacial score (nSPS) is 10.6. The van der Waals surface area contributed by atoms with Crippen molar-refractivity contribution < 1.29 is 19.4 Å². The van der Waals surface area contributed by atoms with Gasteiger partial charge in [0.2, 0.25) is 0 Å².